The van der Waals surface area contributed by atoms with Gasteiger partial charge in [0.25, 0.3) is 0 Å². The lowest BCUT2D eigenvalue weighted by molar-refractivity contribution is -0.154. The molecule has 1 heterocycles. The highest BCUT2D eigenvalue weighted by Gasteiger charge is 2.45. The molecule has 6 nitrogen and oxygen atoms in total. The highest BCUT2D eigenvalue weighted by Crippen LogP contribution is 2.50. The van der Waals surface area contributed by atoms with Crippen LogP contribution < -0.4 is 10.6 Å². The number of urea groups is 1. The molecule has 2 fully saturated rings. The van der Waals surface area contributed by atoms with Crippen molar-refractivity contribution >= 4 is 12.0 Å². The molecule has 2 aliphatic rings. The van der Waals surface area contributed by atoms with Gasteiger partial charge in [0.2, 0.25) is 0 Å². The number of nitrogens with one attached hydrogen (secondary N) is 2. The maximum atomic E-state index is 11.7. The average Bonchev–Trinajstić information content (AvgIpc) is 3.02. The van der Waals surface area contributed by atoms with Crippen LogP contribution in [-0.2, 0) is 9.53 Å². The fourth-order valence-corrected chi connectivity index (χ4v) is 2.68. The van der Waals surface area contributed by atoms with Gasteiger partial charge in [-0.15, -0.1) is 0 Å². The molecule has 2 amide bonds. The Morgan fingerprint density at radius 2 is 1.85 bits per heavy atom. The Hall–Kier alpha value is -1.30. The molecule has 0 aromatic rings. The normalized spacial score (nSPS) is 26.6. The molecule has 2 rings (SSSR count). The average molecular weight is 284 g/mol. The van der Waals surface area contributed by atoms with Gasteiger partial charge in [-0.1, -0.05) is 13.8 Å². The second kappa shape index (κ2) is 5.60. The minimum atomic E-state index is -0.881. The summed E-state index contributed by atoms with van der Waals surface area (Å²) in [6.45, 7) is 6.04. The van der Waals surface area contributed by atoms with E-state index >= 15 is 0 Å². The molecule has 3 N–H and O–H groups in total. The first-order valence-corrected chi connectivity index (χ1v) is 7.19. The fourth-order valence-electron chi connectivity index (χ4n) is 2.68. The van der Waals surface area contributed by atoms with Crippen molar-refractivity contribution < 1.29 is 19.4 Å². The molecule has 114 valence electrons. The van der Waals surface area contributed by atoms with E-state index < -0.39 is 11.4 Å². The smallest absolute Gasteiger partial charge is 0.314 e. The Bertz CT molecular complexity index is 389. The zero-order valence-electron chi connectivity index (χ0n) is 12.2. The van der Waals surface area contributed by atoms with Crippen LogP contribution in [0, 0.1) is 16.7 Å². The first-order valence-electron chi connectivity index (χ1n) is 7.19. The lowest BCUT2D eigenvalue weighted by Crippen LogP contribution is -2.49. The largest absolute Gasteiger partial charge is 0.481 e. The van der Waals surface area contributed by atoms with Crippen molar-refractivity contribution in [1.29, 1.82) is 0 Å². The minimum Gasteiger partial charge on any atom is -0.481 e. The molecule has 0 spiro atoms. The van der Waals surface area contributed by atoms with E-state index in [1.54, 1.807) is 0 Å². The topological polar surface area (TPSA) is 87.7 Å². The second-order valence-corrected chi connectivity index (χ2v) is 6.65. The van der Waals surface area contributed by atoms with Crippen LogP contribution in [0.15, 0.2) is 0 Å². The fraction of sp³-hybridized carbons (Fsp3) is 0.857. The molecule has 1 aliphatic carbocycles. The minimum absolute atomic E-state index is 0.158. The van der Waals surface area contributed by atoms with E-state index in [-0.39, 0.29) is 12.6 Å². The van der Waals surface area contributed by atoms with E-state index in [1.165, 1.54) is 0 Å². The predicted octanol–water partition coefficient (Wildman–Crippen LogP) is 1.21. The van der Waals surface area contributed by atoms with Gasteiger partial charge < -0.3 is 20.5 Å². The third-order valence-corrected chi connectivity index (χ3v) is 4.72. The molecular weight excluding hydrogens is 260 g/mol. The standard InChI is InChI=1S/C14H24N2O4/c1-13(2)7-10(13)8-15-12(19)16-9-14(11(17)18)3-5-20-6-4-14/h10H,3-9H2,1-2H3,(H,17,18)(H2,15,16,19). The Kier molecular flexibility index (Phi) is 4.22. The van der Waals surface area contributed by atoms with E-state index in [2.05, 4.69) is 24.5 Å². The Labute approximate surface area is 119 Å². The quantitative estimate of drug-likeness (QED) is 0.708. The van der Waals surface area contributed by atoms with Crippen LogP contribution in [0.4, 0.5) is 4.79 Å². The van der Waals surface area contributed by atoms with E-state index in [9.17, 15) is 14.7 Å². The Morgan fingerprint density at radius 3 is 2.35 bits per heavy atom. The summed E-state index contributed by atoms with van der Waals surface area (Å²) >= 11 is 0. The monoisotopic (exact) mass is 284 g/mol. The summed E-state index contributed by atoms with van der Waals surface area (Å²) in [5.41, 5.74) is -0.551. The summed E-state index contributed by atoms with van der Waals surface area (Å²) in [6, 6.07) is -0.278. The molecule has 1 unspecified atom stereocenters. The number of ether oxygens (including phenoxy) is 1. The Balaban J connectivity index is 1.75. The van der Waals surface area contributed by atoms with E-state index in [0.717, 1.165) is 6.42 Å². The molecule has 0 radical (unpaired) electrons. The zero-order chi connectivity index (χ0) is 14.8. The van der Waals surface area contributed by atoms with Gasteiger partial charge in [-0.2, -0.15) is 0 Å². The van der Waals surface area contributed by atoms with Crippen molar-refractivity contribution in [1.82, 2.24) is 10.6 Å². The number of carboxylic acids is 1. The van der Waals surface area contributed by atoms with Gasteiger partial charge in [0.05, 0.1) is 5.41 Å². The van der Waals surface area contributed by atoms with Crippen LogP contribution in [0.5, 0.6) is 0 Å². The summed E-state index contributed by atoms with van der Waals surface area (Å²) in [4.78, 5) is 23.2. The third-order valence-electron chi connectivity index (χ3n) is 4.72. The number of carbonyl (C=O) groups excluding carboxylic acids is 1. The van der Waals surface area contributed by atoms with Crippen molar-refractivity contribution in [3.8, 4) is 0 Å². The molecule has 1 saturated carbocycles. The lowest BCUT2D eigenvalue weighted by Gasteiger charge is -2.33. The van der Waals surface area contributed by atoms with E-state index in [1.807, 2.05) is 0 Å². The van der Waals surface area contributed by atoms with Crippen molar-refractivity contribution in [2.24, 2.45) is 16.7 Å². The maximum Gasteiger partial charge on any atom is 0.314 e. The number of amides is 2. The Morgan fingerprint density at radius 1 is 1.25 bits per heavy atom. The molecule has 1 atom stereocenters. The summed E-state index contributed by atoms with van der Waals surface area (Å²) in [6.07, 6.45) is 2.01. The van der Waals surface area contributed by atoms with Gasteiger partial charge in [-0.05, 0) is 30.6 Å². The molecule has 1 saturated heterocycles. The number of carboxylic acid groups (broad SMARTS) is 1. The van der Waals surface area contributed by atoms with E-state index in [4.69, 9.17) is 4.74 Å². The maximum absolute atomic E-state index is 11.7. The number of carbonyl (C=O) groups is 2. The van der Waals surface area contributed by atoms with Gasteiger partial charge in [0.15, 0.2) is 0 Å². The van der Waals surface area contributed by atoms with Gasteiger partial charge in [-0.3, -0.25) is 4.79 Å². The number of hydrogen-bond acceptors (Lipinski definition) is 3. The van der Waals surface area contributed by atoms with Gasteiger partial charge in [0, 0.05) is 26.3 Å². The molecule has 1 aliphatic heterocycles. The van der Waals surface area contributed by atoms with Crippen LogP contribution >= 0.6 is 0 Å². The highest BCUT2D eigenvalue weighted by molar-refractivity contribution is 5.78. The van der Waals surface area contributed by atoms with E-state index in [0.29, 0.717) is 43.9 Å². The van der Waals surface area contributed by atoms with Crippen molar-refractivity contribution in [3.63, 3.8) is 0 Å². The molecule has 0 bridgehead atoms. The van der Waals surface area contributed by atoms with Gasteiger partial charge in [-0.25, -0.2) is 4.79 Å². The number of hydrogen-bond donors (Lipinski definition) is 3. The van der Waals surface area contributed by atoms with Crippen molar-refractivity contribution in [3.05, 3.63) is 0 Å². The van der Waals surface area contributed by atoms with Gasteiger partial charge in [0.1, 0.15) is 0 Å². The van der Waals surface area contributed by atoms with Crippen LogP contribution in [0.2, 0.25) is 0 Å². The van der Waals surface area contributed by atoms with Crippen LogP contribution in [0.3, 0.4) is 0 Å². The number of aliphatic carboxylic acids is 1. The first-order chi connectivity index (χ1) is 9.36. The molecule has 20 heavy (non-hydrogen) atoms. The van der Waals surface area contributed by atoms with Crippen LogP contribution in [0.1, 0.15) is 33.1 Å². The van der Waals surface area contributed by atoms with Crippen molar-refractivity contribution in [2.45, 2.75) is 33.1 Å². The summed E-state index contributed by atoms with van der Waals surface area (Å²) < 4.78 is 5.20. The zero-order valence-corrected chi connectivity index (χ0v) is 12.2. The lowest BCUT2D eigenvalue weighted by atomic mass is 9.80. The van der Waals surface area contributed by atoms with Crippen LogP contribution in [0.25, 0.3) is 0 Å². The summed E-state index contributed by atoms with van der Waals surface area (Å²) in [5, 5.41) is 14.9. The third kappa shape index (κ3) is 3.42. The molecular formula is C14H24N2O4. The SMILES string of the molecule is CC1(C)CC1CNC(=O)NCC1(C(=O)O)CCOCC1. The molecule has 0 aromatic heterocycles. The molecule has 6 heteroatoms. The van der Waals surface area contributed by atoms with Crippen LogP contribution in [-0.4, -0.2) is 43.4 Å². The molecule has 0 aromatic carbocycles. The highest BCUT2D eigenvalue weighted by atomic mass is 16.5. The first kappa shape index (κ1) is 15.1. The predicted molar refractivity (Wildman–Crippen MR) is 73.4 cm³/mol. The summed E-state index contributed by atoms with van der Waals surface area (Å²) in [7, 11) is 0. The van der Waals surface area contributed by atoms with Crippen molar-refractivity contribution in [2.75, 3.05) is 26.3 Å². The summed E-state index contributed by atoms with van der Waals surface area (Å²) in [5.74, 6) is -0.325. The van der Waals surface area contributed by atoms with Gasteiger partial charge >= 0.3 is 12.0 Å². The number of rotatable bonds is 5. The second-order valence-electron chi connectivity index (χ2n) is 6.65.